The van der Waals surface area contributed by atoms with Crippen molar-refractivity contribution in [3.63, 3.8) is 0 Å². The van der Waals surface area contributed by atoms with Crippen molar-refractivity contribution in [1.82, 2.24) is 15.5 Å². The number of halogens is 3. The number of rotatable bonds is 5. The summed E-state index contributed by atoms with van der Waals surface area (Å²) in [4.78, 5) is 11.3. The molecule has 22 heavy (non-hydrogen) atoms. The van der Waals surface area contributed by atoms with Crippen molar-refractivity contribution in [2.45, 2.75) is 18.3 Å². The van der Waals surface area contributed by atoms with Gasteiger partial charge in [0.15, 0.2) is 0 Å². The number of alkyl halides is 3. The van der Waals surface area contributed by atoms with E-state index in [0.29, 0.717) is 0 Å². The minimum absolute atomic E-state index is 0.123. The van der Waals surface area contributed by atoms with Gasteiger partial charge in [0.2, 0.25) is 11.8 Å². The molecule has 0 atom stereocenters. The van der Waals surface area contributed by atoms with E-state index in [1.807, 2.05) is 31.2 Å². The summed E-state index contributed by atoms with van der Waals surface area (Å²) in [6.45, 7) is 0.587. The first kappa shape index (κ1) is 16.3. The summed E-state index contributed by atoms with van der Waals surface area (Å²) in [5.41, 5.74) is 1.81. The molecule has 1 heterocycles. The van der Waals surface area contributed by atoms with Crippen LogP contribution in [0.2, 0.25) is 0 Å². The lowest BCUT2D eigenvalue weighted by molar-refractivity contribution is -0.136. The molecule has 9 heteroatoms. The summed E-state index contributed by atoms with van der Waals surface area (Å²) in [6, 6.07) is 7.40. The molecule has 0 saturated heterocycles. The number of thioether (sulfide) groups is 1. The van der Waals surface area contributed by atoms with Crippen LogP contribution in [0.5, 0.6) is 0 Å². The van der Waals surface area contributed by atoms with Crippen LogP contribution in [0.1, 0.15) is 5.56 Å². The van der Waals surface area contributed by atoms with E-state index in [-0.39, 0.29) is 16.9 Å². The summed E-state index contributed by atoms with van der Waals surface area (Å²) in [7, 11) is 0. The van der Waals surface area contributed by atoms with E-state index in [4.69, 9.17) is 4.42 Å². The van der Waals surface area contributed by atoms with Crippen LogP contribution in [0.25, 0.3) is 11.5 Å². The average molecular weight is 331 g/mol. The number of nitrogens with zero attached hydrogens (tertiary/aromatic N) is 2. The number of benzene rings is 1. The van der Waals surface area contributed by atoms with Crippen LogP contribution in [0.3, 0.4) is 0 Å². The lowest BCUT2D eigenvalue weighted by Gasteiger charge is -2.06. The van der Waals surface area contributed by atoms with Crippen molar-refractivity contribution in [3.8, 4) is 11.5 Å². The van der Waals surface area contributed by atoms with Gasteiger partial charge >= 0.3 is 6.18 Å². The Morgan fingerprint density at radius 2 is 1.95 bits per heavy atom. The molecule has 2 aromatic rings. The Morgan fingerprint density at radius 1 is 1.27 bits per heavy atom. The summed E-state index contributed by atoms with van der Waals surface area (Å²) in [6.07, 6.45) is -4.43. The van der Waals surface area contributed by atoms with Gasteiger partial charge in [-0.15, -0.1) is 10.2 Å². The molecule has 0 unspecified atom stereocenters. The molecule has 5 nitrogen and oxygen atoms in total. The number of aromatic nitrogens is 2. The van der Waals surface area contributed by atoms with Crippen LogP contribution in [0.4, 0.5) is 13.2 Å². The van der Waals surface area contributed by atoms with E-state index in [9.17, 15) is 18.0 Å². The monoisotopic (exact) mass is 331 g/mol. The lowest BCUT2D eigenvalue weighted by Crippen LogP contribution is -2.34. The Hall–Kier alpha value is -2.03. The fourth-order valence-electron chi connectivity index (χ4n) is 1.46. The largest absolute Gasteiger partial charge is 0.411 e. The normalized spacial score (nSPS) is 11.5. The highest BCUT2D eigenvalue weighted by Gasteiger charge is 2.27. The van der Waals surface area contributed by atoms with Gasteiger partial charge in [-0.05, 0) is 19.1 Å². The zero-order valence-electron chi connectivity index (χ0n) is 11.5. The van der Waals surface area contributed by atoms with Crippen LogP contribution >= 0.6 is 11.8 Å². The molecule has 0 spiro atoms. The van der Waals surface area contributed by atoms with Crippen molar-refractivity contribution in [2.24, 2.45) is 0 Å². The highest BCUT2D eigenvalue weighted by molar-refractivity contribution is 7.99. The standard InChI is InChI=1S/C13H12F3N3O2S/c1-8-2-4-9(5-3-8)11-18-19-12(21-11)22-6-10(20)17-7-13(14,15)16/h2-5H,6-7H2,1H3,(H,17,20). The van der Waals surface area contributed by atoms with E-state index >= 15 is 0 Å². The summed E-state index contributed by atoms with van der Waals surface area (Å²) < 4.78 is 41.2. The van der Waals surface area contributed by atoms with Crippen LogP contribution in [-0.2, 0) is 4.79 Å². The second-order valence-corrected chi connectivity index (χ2v) is 5.35. The predicted octanol–water partition coefficient (Wildman–Crippen LogP) is 2.82. The second kappa shape index (κ2) is 6.82. The number of amides is 1. The molecule has 1 aromatic carbocycles. The van der Waals surface area contributed by atoms with Crippen molar-refractivity contribution < 1.29 is 22.4 Å². The third-order valence-corrected chi connectivity index (χ3v) is 3.34. The van der Waals surface area contributed by atoms with Crippen LogP contribution in [0, 0.1) is 6.92 Å². The van der Waals surface area contributed by atoms with E-state index in [1.54, 1.807) is 5.32 Å². The molecule has 0 aliphatic carbocycles. The molecule has 0 fully saturated rings. The van der Waals surface area contributed by atoms with Gasteiger partial charge in [0.1, 0.15) is 6.54 Å². The maximum absolute atomic E-state index is 11.9. The summed E-state index contributed by atoms with van der Waals surface area (Å²) in [5.74, 6) is -0.693. The van der Waals surface area contributed by atoms with Gasteiger partial charge in [-0.3, -0.25) is 4.79 Å². The van der Waals surface area contributed by atoms with Crippen LogP contribution in [0.15, 0.2) is 33.9 Å². The van der Waals surface area contributed by atoms with Crippen molar-refractivity contribution in [1.29, 1.82) is 0 Å². The molecule has 1 aromatic heterocycles. The predicted molar refractivity (Wildman–Crippen MR) is 74.3 cm³/mol. The molecular weight excluding hydrogens is 319 g/mol. The number of hydrogen-bond acceptors (Lipinski definition) is 5. The van der Waals surface area contributed by atoms with Gasteiger partial charge in [-0.1, -0.05) is 29.5 Å². The minimum atomic E-state index is -4.43. The highest BCUT2D eigenvalue weighted by Crippen LogP contribution is 2.23. The lowest BCUT2D eigenvalue weighted by atomic mass is 10.1. The Labute approximate surface area is 128 Å². The number of aryl methyl sites for hydroxylation is 1. The summed E-state index contributed by atoms with van der Waals surface area (Å²) in [5, 5.41) is 9.46. The molecule has 0 aliphatic rings. The van der Waals surface area contributed by atoms with Gasteiger partial charge in [-0.2, -0.15) is 13.2 Å². The van der Waals surface area contributed by atoms with Gasteiger partial charge in [0, 0.05) is 5.56 Å². The number of carbonyl (C=O) groups excluding carboxylic acids is 1. The van der Waals surface area contributed by atoms with Crippen molar-refractivity contribution in [3.05, 3.63) is 29.8 Å². The first-order valence-electron chi connectivity index (χ1n) is 6.20. The minimum Gasteiger partial charge on any atom is -0.411 e. The number of carbonyl (C=O) groups is 1. The third-order valence-electron chi connectivity index (χ3n) is 2.52. The van der Waals surface area contributed by atoms with Crippen LogP contribution < -0.4 is 5.32 Å². The molecule has 0 radical (unpaired) electrons. The number of nitrogens with one attached hydrogen (secondary N) is 1. The molecule has 0 bridgehead atoms. The Bertz CT molecular complexity index is 641. The molecule has 0 saturated carbocycles. The molecule has 118 valence electrons. The zero-order chi connectivity index (χ0) is 16.2. The maximum atomic E-state index is 11.9. The van der Waals surface area contributed by atoms with Crippen molar-refractivity contribution in [2.75, 3.05) is 12.3 Å². The summed E-state index contributed by atoms with van der Waals surface area (Å²) >= 11 is 0.878. The Balaban J connectivity index is 1.87. The SMILES string of the molecule is Cc1ccc(-c2nnc(SCC(=O)NCC(F)(F)F)o2)cc1. The first-order valence-corrected chi connectivity index (χ1v) is 7.19. The van der Waals surface area contributed by atoms with Gasteiger partial charge in [0.05, 0.1) is 5.75 Å². The zero-order valence-corrected chi connectivity index (χ0v) is 12.3. The van der Waals surface area contributed by atoms with Crippen molar-refractivity contribution >= 4 is 17.7 Å². The smallest absolute Gasteiger partial charge is 0.405 e. The Morgan fingerprint density at radius 3 is 2.59 bits per heavy atom. The number of hydrogen-bond donors (Lipinski definition) is 1. The molecule has 2 rings (SSSR count). The fraction of sp³-hybridized carbons (Fsp3) is 0.308. The van der Waals surface area contributed by atoms with Gasteiger partial charge < -0.3 is 9.73 Å². The van der Waals surface area contributed by atoms with Crippen LogP contribution in [-0.4, -0.2) is 34.6 Å². The highest BCUT2D eigenvalue weighted by atomic mass is 32.2. The van der Waals surface area contributed by atoms with Gasteiger partial charge in [0.25, 0.3) is 5.22 Å². The Kier molecular flexibility index (Phi) is 5.07. The molecule has 1 amide bonds. The third kappa shape index (κ3) is 5.06. The second-order valence-electron chi connectivity index (χ2n) is 4.42. The maximum Gasteiger partial charge on any atom is 0.405 e. The molecule has 0 aliphatic heterocycles. The van der Waals surface area contributed by atoms with E-state index in [1.165, 1.54) is 0 Å². The average Bonchev–Trinajstić information content (AvgIpc) is 2.92. The molecular formula is C13H12F3N3O2S. The molecule has 1 N–H and O–H groups in total. The van der Waals surface area contributed by atoms with E-state index in [0.717, 1.165) is 22.9 Å². The quantitative estimate of drug-likeness (QED) is 0.853. The fourth-order valence-corrected chi connectivity index (χ4v) is 2.05. The van der Waals surface area contributed by atoms with E-state index in [2.05, 4.69) is 10.2 Å². The topological polar surface area (TPSA) is 68.0 Å². The first-order chi connectivity index (χ1) is 10.3. The van der Waals surface area contributed by atoms with E-state index < -0.39 is 18.6 Å². The van der Waals surface area contributed by atoms with Gasteiger partial charge in [-0.25, -0.2) is 0 Å².